The van der Waals surface area contributed by atoms with Gasteiger partial charge in [0, 0.05) is 0 Å². The zero-order valence-corrected chi connectivity index (χ0v) is 15.0. The molecule has 1 aliphatic carbocycles. The number of alkyl halides is 1. The van der Waals surface area contributed by atoms with Crippen LogP contribution in [-0.2, 0) is 5.67 Å². The van der Waals surface area contributed by atoms with E-state index in [1.54, 1.807) is 0 Å². The Labute approximate surface area is 156 Å². The SMILES string of the molecule is FC1=CC=CC(F)(c2nc3ccccc3s2)C1c1nc2ccccc2s1. The zero-order chi connectivity index (χ0) is 17.7. The second-order valence-electron chi connectivity index (χ2n) is 6.12. The van der Waals surface area contributed by atoms with E-state index in [1.807, 2.05) is 48.5 Å². The summed E-state index contributed by atoms with van der Waals surface area (Å²) in [6, 6.07) is 15.0. The Hall–Kier alpha value is -2.44. The van der Waals surface area contributed by atoms with Gasteiger partial charge in [-0.15, -0.1) is 22.7 Å². The van der Waals surface area contributed by atoms with Crippen LogP contribution in [0.25, 0.3) is 20.4 Å². The lowest BCUT2D eigenvalue weighted by molar-refractivity contribution is 0.184. The quantitative estimate of drug-likeness (QED) is 0.408. The van der Waals surface area contributed by atoms with Gasteiger partial charge in [0.1, 0.15) is 21.8 Å². The number of allylic oxidation sites excluding steroid dienone is 4. The Bertz CT molecular complexity index is 1120. The fourth-order valence-corrected chi connectivity index (χ4v) is 5.41. The van der Waals surface area contributed by atoms with Crippen LogP contribution in [0.2, 0.25) is 0 Å². The first kappa shape index (κ1) is 15.8. The predicted octanol–water partition coefficient (Wildman–Crippen LogP) is 6.28. The molecule has 0 spiro atoms. The molecule has 2 unspecified atom stereocenters. The van der Waals surface area contributed by atoms with Crippen LogP contribution in [0.1, 0.15) is 15.9 Å². The monoisotopic (exact) mass is 382 g/mol. The first-order valence-corrected chi connectivity index (χ1v) is 9.74. The van der Waals surface area contributed by atoms with E-state index in [2.05, 4.69) is 9.97 Å². The Balaban J connectivity index is 1.70. The number of hydrogen-bond donors (Lipinski definition) is 0. The van der Waals surface area contributed by atoms with Crippen molar-refractivity contribution in [3.8, 4) is 0 Å². The minimum Gasteiger partial charge on any atom is -0.240 e. The van der Waals surface area contributed by atoms with Crippen molar-refractivity contribution in [1.82, 2.24) is 9.97 Å². The first-order chi connectivity index (χ1) is 12.6. The summed E-state index contributed by atoms with van der Waals surface area (Å²) in [5.74, 6) is -1.65. The standard InChI is InChI=1S/C20H12F2N2S2/c21-12-6-5-11-20(22,19-24-14-8-2-4-10-16(14)26-19)17(12)18-23-13-7-1-3-9-15(13)25-18/h1-11,17H. The maximum absolute atomic E-state index is 16.2. The van der Waals surface area contributed by atoms with E-state index in [0.717, 1.165) is 20.4 Å². The molecule has 26 heavy (non-hydrogen) atoms. The number of thiazole rings is 2. The van der Waals surface area contributed by atoms with Crippen LogP contribution in [-0.4, -0.2) is 9.97 Å². The number of para-hydroxylation sites is 2. The molecule has 2 atom stereocenters. The summed E-state index contributed by atoms with van der Waals surface area (Å²) in [5.41, 5.74) is -0.589. The molecule has 1 aliphatic rings. The molecule has 0 saturated heterocycles. The third kappa shape index (κ3) is 2.33. The molecular weight excluding hydrogens is 370 g/mol. The highest BCUT2D eigenvalue weighted by atomic mass is 32.1. The average Bonchev–Trinajstić information content (AvgIpc) is 3.25. The van der Waals surface area contributed by atoms with Gasteiger partial charge in [-0.3, -0.25) is 0 Å². The van der Waals surface area contributed by atoms with Gasteiger partial charge in [0.2, 0.25) is 0 Å². The van der Waals surface area contributed by atoms with Gasteiger partial charge >= 0.3 is 0 Å². The van der Waals surface area contributed by atoms with Crippen molar-refractivity contribution in [2.45, 2.75) is 11.6 Å². The van der Waals surface area contributed by atoms with Crippen molar-refractivity contribution < 1.29 is 8.78 Å². The summed E-state index contributed by atoms with van der Waals surface area (Å²) in [6.45, 7) is 0. The van der Waals surface area contributed by atoms with E-state index < -0.39 is 17.4 Å². The highest BCUT2D eigenvalue weighted by Crippen LogP contribution is 2.51. The Kier molecular flexibility index (Phi) is 3.52. The molecule has 6 heteroatoms. The van der Waals surface area contributed by atoms with Crippen LogP contribution in [0.4, 0.5) is 8.78 Å². The van der Waals surface area contributed by atoms with Crippen molar-refractivity contribution in [3.05, 3.63) is 82.6 Å². The lowest BCUT2D eigenvalue weighted by atomic mass is 9.85. The number of aromatic nitrogens is 2. The average molecular weight is 382 g/mol. The second kappa shape index (κ2) is 5.79. The van der Waals surface area contributed by atoms with Crippen molar-refractivity contribution in [3.63, 3.8) is 0 Å². The summed E-state index contributed by atoms with van der Waals surface area (Å²) in [5, 5.41) is 0.675. The molecule has 0 aliphatic heterocycles. The van der Waals surface area contributed by atoms with Gasteiger partial charge in [-0.1, -0.05) is 30.3 Å². The molecule has 0 N–H and O–H groups in total. The smallest absolute Gasteiger partial charge is 0.196 e. The van der Waals surface area contributed by atoms with E-state index in [1.165, 1.54) is 40.9 Å². The highest BCUT2D eigenvalue weighted by Gasteiger charge is 2.48. The molecule has 0 amide bonds. The van der Waals surface area contributed by atoms with Gasteiger partial charge in [-0.25, -0.2) is 18.7 Å². The summed E-state index contributed by atoms with van der Waals surface area (Å²) in [4.78, 5) is 8.95. The van der Waals surface area contributed by atoms with E-state index in [4.69, 9.17) is 0 Å². The lowest BCUT2D eigenvalue weighted by Gasteiger charge is -2.29. The molecule has 2 aromatic heterocycles. The Morgan fingerprint density at radius 3 is 2.23 bits per heavy atom. The fraction of sp³-hybridized carbons (Fsp3) is 0.100. The van der Waals surface area contributed by atoms with Crippen LogP contribution < -0.4 is 0 Å². The van der Waals surface area contributed by atoms with Gasteiger partial charge in [0.25, 0.3) is 0 Å². The molecule has 0 bridgehead atoms. The molecule has 0 radical (unpaired) electrons. The highest BCUT2D eigenvalue weighted by molar-refractivity contribution is 7.19. The van der Waals surface area contributed by atoms with E-state index in [-0.39, 0.29) is 5.01 Å². The number of nitrogens with zero attached hydrogens (tertiary/aromatic N) is 2. The number of hydrogen-bond acceptors (Lipinski definition) is 4. The fourth-order valence-electron chi connectivity index (χ4n) is 3.22. The Morgan fingerprint density at radius 2 is 1.54 bits per heavy atom. The summed E-state index contributed by atoms with van der Waals surface area (Å²) in [6.07, 6.45) is 4.12. The van der Waals surface area contributed by atoms with Gasteiger partial charge < -0.3 is 0 Å². The molecular formula is C20H12F2N2S2. The van der Waals surface area contributed by atoms with Gasteiger partial charge in [0.05, 0.1) is 20.4 Å². The van der Waals surface area contributed by atoms with Crippen LogP contribution in [0.3, 0.4) is 0 Å². The molecule has 0 saturated carbocycles. The van der Waals surface area contributed by atoms with Crippen LogP contribution in [0.15, 0.2) is 72.6 Å². The van der Waals surface area contributed by atoms with Crippen LogP contribution >= 0.6 is 22.7 Å². The largest absolute Gasteiger partial charge is 0.240 e. The van der Waals surface area contributed by atoms with Gasteiger partial charge in [-0.2, -0.15) is 0 Å². The van der Waals surface area contributed by atoms with Crippen molar-refractivity contribution >= 4 is 43.1 Å². The lowest BCUT2D eigenvalue weighted by Crippen LogP contribution is -2.29. The molecule has 2 heterocycles. The Morgan fingerprint density at radius 1 is 0.885 bits per heavy atom. The number of halogens is 2. The zero-order valence-electron chi connectivity index (χ0n) is 13.4. The van der Waals surface area contributed by atoms with Gasteiger partial charge in [-0.05, 0) is 36.4 Å². The molecule has 2 nitrogen and oxygen atoms in total. The van der Waals surface area contributed by atoms with Crippen molar-refractivity contribution in [2.24, 2.45) is 0 Å². The van der Waals surface area contributed by atoms with E-state index in [9.17, 15) is 4.39 Å². The normalized spacial score (nSPS) is 22.8. The van der Waals surface area contributed by atoms with Crippen molar-refractivity contribution in [1.29, 1.82) is 0 Å². The minimum atomic E-state index is -2.06. The van der Waals surface area contributed by atoms with Crippen molar-refractivity contribution in [2.75, 3.05) is 0 Å². The second-order valence-corrected chi connectivity index (χ2v) is 8.21. The first-order valence-electron chi connectivity index (χ1n) is 8.10. The molecule has 5 rings (SSSR count). The third-order valence-electron chi connectivity index (χ3n) is 4.47. The number of rotatable bonds is 2. The number of benzene rings is 2. The molecule has 128 valence electrons. The summed E-state index contributed by atoms with van der Waals surface area (Å²) < 4.78 is 32.8. The maximum atomic E-state index is 16.2. The predicted molar refractivity (Wildman–Crippen MR) is 103 cm³/mol. The third-order valence-corrected chi connectivity index (χ3v) is 6.73. The molecule has 0 fully saturated rings. The number of fused-ring (bicyclic) bond motifs is 2. The van der Waals surface area contributed by atoms with Crippen LogP contribution in [0, 0.1) is 0 Å². The minimum absolute atomic E-state index is 0.252. The summed E-state index contributed by atoms with van der Waals surface area (Å²) in [7, 11) is 0. The molecule has 2 aromatic carbocycles. The van der Waals surface area contributed by atoms with Crippen LogP contribution in [0.5, 0.6) is 0 Å². The van der Waals surface area contributed by atoms with E-state index in [0.29, 0.717) is 5.01 Å². The summed E-state index contributed by atoms with van der Waals surface area (Å²) >= 11 is 2.58. The molecule has 4 aromatic rings. The topological polar surface area (TPSA) is 25.8 Å². The van der Waals surface area contributed by atoms with Gasteiger partial charge in [0.15, 0.2) is 5.67 Å². The maximum Gasteiger partial charge on any atom is 0.196 e. The van der Waals surface area contributed by atoms with E-state index >= 15 is 4.39 Å².